The highest BCUT2D eigenvalue weighted by Gasteiger charge is 2.05. The van der Waals surface area contributed by atoms with Crippen LogP contribution in [0.3, 0.4) is 0 Å². The molecule has 108 valence electrons. The summed E-state index contributed by atoms with van der Waals surface area (Å²) in [4.78, 5) is 23.1. The smallest absolute Gasteiger partial charge is 0.166 e. The zero-order chi connectivity index (χ0) is 15.2. The Morgan fingerprint density at radius 1 is 0.810 bits per heavy atom. The van der Waals surface area contributed by atoms with Crippen LogP contribution in [0.25, 0.3) is 0 Å². The van der Waals surface area contributed by atoms with Crippen LogP contribution in [0.5, 0.6) is 0 Å². The lowest BCUT2D eigenvalue weighted by molar-refractivity contribution is 0.0986. The summed E-state index contributed by atoms with van der Waals surface area (Å²) in [5, 5.41) is 0. The zero-order valence-corrected chi connectivity index (χ0v) is 13.3. The number of hydrogen-bond donors (Lipinski definition) is 0. The van der Waals surface area contributed by atoms with Crippen LogP contribution in [0.4, 0.5) is 0 Å². The standard InChI is InChI=1S/C18H19O2P/c1-2-17(19)15-7-3-13(4-8-15)11-14-5-9-16(10-6-14)18(20)12-21/h3-10H,2,11-12,21H2,1H3. The van der Waals surface area contributed by atoms with E-state index in [1.54, 1.807) is 0 Å². The summed E-state index contributed by atoms with van der Waals surface area (Å²) in [5.41, 5.74) is 3.83. The summed E-state index contributed by atoms with van der Waals surface area (Å²) in [5.74, 6) is 0.302. The summed E-state index contributed by atoms with van der Waals surface area (Å²) >= 11 is 0. The van der Waals surface area contributed by atoms with Gasteiger partial charge >= 0.3 is 0 Å². The van der Waals surface area contributed by atoms with Crippen molar-refractivity contribution in [2.45, 2.75) is 19.8 Å². The number of ketones is 2. The Bertz CT molecular complexity index is 570. The Labute approximate surface area is 127 Å². The topological polar surface area (TPSA) is 34.1 Å². The van der Waals surface area contributed by atoms with Gasteiger partial charge in [0.25, 0.3) is 0 Å². The molecule has 1 atom stereocenters. The third-order valence-electron chi connectivity index (χ3n) is 3.47. The van der Waals surface area contributed by atoms with Crippen LogP contribution in [-0.4, -0.2) is 17.7 Å². The van der Waals surface area contributed by atoms with Gasteiger partial charge < -0.3 is 0 Å². The van der Waals surface area contributed by atoms with Crippen molar-refractivity contribution in [1.29, 1.82) is 0 Å². The van der Waals surface area contributed by atoms with Crippen LogP contribution in [-0.2, 0) is 6.42 Å². The van der Waals surface area contributed by atoms with Gasteiger partial charge in [-0.25, -0.2) is 0 Å². The molecule has 0 heterocycles. The lowest BCUT2D eigenvalue weighted by Gasteiger charge is -2.05. The average molecular weight is 298 g/mol. The van der Waals surface area contributed by atoms with Crippen molar-refractivity contribution in [2.75, 3.05) is 6.16 Å². The molecule has 0 aliphatic rings. The lowest BCUT2D eigenvalue weighted by Crippen LogP contribution is -2.00. The minimum Gasteiger partial charge on any atom is -0.294 e. The van der Waals surface area contributed by atoms with Crippen molar-refractivity contribution in [1.82, 2.24) is 0 Å². The van der Waals surface area contributed by atoms with Gasteiger partial charge in [-0.3, -0.25) is 9.59 Å². The summed E-state index contributed by atoms with van der Waals surface area (Å²) < 4.78 is 0. The summed E-state index contributed by atoms with van der Waals surface area (Å²) in [6.45, 7) is 1.87. The van der Waals surface area contributed by atoms with Crippen molar-refractivity contribution >= 4 is 20.8 Å². The first-order chi connectivity index (χ1) is 10.1. The fraction of sp³-hybridized carbons (Fsp3) is 0.222. The van der Waals surface area contributed by atoms with Crippen LogP contribution >= 0.6 is 9.24 Å². The van der Waals surface area contributed by atoms with E-state index in [-0.39, 0.29) is 11.6 Å². The van der Waals surface area contributed by atoms with E-state index in [1.807, 2.05) is 55.5 Å². The first-order valence-corrected chi connectivity index (χ1v) is 7.90. The monoisotopic (exact) mass is 298 g/mol. The molecule has 0 aliphatic carbocycles. The van der Waals surface area contributed by atoms with Gasteiger partial charge in [0.1, 0.15) is 0 Å². The number of benzene rings is 2. The minimum atomic E-state index is 0.133. The van der Waals surface area contributed by atoms with Crippen molar-refractivity contribution in [3.05, 3.63) is 70.8 Å². The number of rotatable bonds is 6. The van der Waals surface area contributed by atoms with Crippen LogP contribution < -0.4 is 0 Å². The van der Waals surface area contributed by atoms with Gasteiger partial charge in [-0.2, -0.15) is 0 Å². The molecule has 0 amide bonds. The normalized spacial score (nSPS) is 10.4. The van der Waals surface area contributed by atoms with E-state index in [0.29, 0.717) is 12.6 Å². The molecular formula is C18H19O2P. The maximum atomic E-state index is 11.6. The lowest BCUT2D eigenvalue weighted by atomic mass is 10.0. The van der Waals surface area contributed by atoms with E-state index in [9.17, 15) is 9.59 Å². The summed E-state index contributed by atoms with van der Waals surface area (Å²) in [6.07, 6.45) is 1.78. The highest BCUT2D eigenvalue weighted by Crippen LogP contribution is 2.13. The Morgan fingerprint density at radius 2 is 1.24 bits per heavy atom. The third kappa shape index (κ3) is 4.09. The van der Waals surface area contributed by atoms with Crippen LogP contribution in [0.15, 0.2) is 48.5 Å². The fourth-order valence-corrected chi connectivity index (χ4v) is 2.41. The second-order valence-electron chi connectivity index (χ2n) is 4.97. The largest absolute Gasteiger partial charge is 0.294 e. The van der Waals surface area contributed by atoms with Gasteiger partial charge in [-0.15, -0.1) is 9.24 Å². The molecule has 2 aromatic carbocycles. The van der Waals surface area contributed by atoms with Gasteiger partial charge in [-0.05, 0) is 17.5 Å². The molecule has 0 radical (unpaired) electrons. The van der Waals surface area contributed by atoms with Crippen molar-refractivity contribution in [3.63, 3.8) is 0 Å². The number of Topliss-reactive ketones (excluding diaryl/α,β-unsaturated/α-hetero) is 2. The second-order valence-corrected chi connectivity index (χ2v) is 5.38. The minimum absolute atomic E-state index is 0.133. The SMILES string of the molecule is CCC(=O)c1ccc(Cc2ccc(C(=O)CP)cc2)cc1. The van der Waals surface area contributed by atoms with Crippen LogP contribution in [0, 0.1) is 0 Å². The molecule has 21 heavy (non-hydrogen) atoms. The van der Waals surface area contributed by atoms with E-state index in [0.717, 1.165) is 28.7 Å². The summed E-state index contributed by atoms with van der Waals surface area (Å²) in [6, 6.07) is 15.5. The molecule has 0 aromatic heterocycles. The maximum Gasteiger partial charge on any atom is 0.166 e. The van der Waals surface area contributed by atoms with Gasteiger partial charge in [0.2, 0.25) is 0 Å². The van der Waals surface area contributed by atoms with E-state index in [1.165, 1.54) is 0 Å². The molecule has 3 heteroatoms. The quantitative estimate of drug-likeness (QED) is 0.598. The van der Waals surface area contributed by atoms with E-state index < -0.39 is 0 Å². The molecule has 0 fully saturated rings. The van der Waals surface area contributed by atoms with Crippen molar-refractivity contribution in [2.24, 2.45) is 0 Å². The Morgan fingerprint density at radius 3 is 1.62 bits per heavy atom. The highest BCUT2D eigenvalue weighted by atomic mass is 31.0. The maximum absolute atomic E-state index is 11.6. The average Bonchev–Trinajstić information content (AvgIpc) is 2.55. The van der Waals surface area contributed by atoms with Crippen LogP contribution in [0.2, 0.25) is 0 Å². The first kappa shape index (κ1) is 15.6. The molecule has 2 nitrogen and oxygen atoms in total. The molecule has 0 saturated heterocycles. The van der Waals surface area contributed by atoms with Crippen LogP contribution in [0.1, 0.15) is 45.2 Å². The molecule has 0 aliphatic heterocycles. The van der Waals surface area contributed by atoms with E-state index in [2.05, 4.69) is 9.24 Å². The third-order valence-corrected chi connectivity index (χ3v) is 3.84. The predicted octanol–water partition coefficient (Wildman–Crippen LogP) is 3.93. The second kappa shape index (κ2) is 7.28. The molecule has 0 bridgehead atoms. The fourth-order valence-electron chi connectivity index (χ4n) is 2.17. The van der Waals surface area contributed by atoms with E-state index >= 15 is 0 Å². The first-order valence-electron chi connectivity index (χ1n) is 7.08. The van der Waals surface area contributed by atoms with Crippen molar-refractivity contribution < 1.29 is 9.59 Å². The zero-order valence-electron chi connectivity index (χ0n) is 12.1. The molecule has 2 aromatic rings. The molecule has 1 unspecified atom stereocenters. The Balaban J connectivity index is 2.08. The van der Waals surface area contributed by atoms with Crippen molar-refractivity contribution in [3.8, 4) is 0 Å². The highest BCUT2D eigenvalue weighted by molar-refractivity contribution is 7.18. The number of hydrogen-bond acceptors (Lipinski definition) is 2. The van der Waals surface area contributed by atoms with Gasteiger partial charge in [-0.1, -0.05) is 55.5 Å². The summed E-state index contributed by atoms with van der Waals surface area (Å²) in [7, 11) is 2.45. The Hall–Kier alpha value is -1.79. The molecule has 0 spiro atoms. The van der Waals surface area contributed by atoms with Gasteiger partial charge in [0.05, 0.1) is 0 Å². The molecule has 0 saturated carbocycles. The predicted molar refractivity (Wildman–Crippen MR) is 89.2 cm³/mol. The number of carbonyl (C=O) groups excluding carboxylic acids is 2. The molecular weight excluding hydrogens is 279 g/mol. The van der Waals surface area contributed by atoms with Gasteiger partial charge in [0.15, 0.2) is 11.6 Å². The molecule has 2 rings (SSSR count). The van der Waals surface area contributed by atoms with Gasteiger partial charge in [0, 0.05) is 23.7 Å². The van der Waals surface area contributed by atoms with E-state index in [4.69, 9.17) is 0 Å². The Kier molecular flexibility index (Phi) is 5.41. The molecule has 0 N–H and O–H groups in total. The number of carbonyl (C=O) groups is 2.